The summed E-state index contributed by atoms with van der Waals surface area (Å²) in [7, 11) is 0. The number of thiocarbonyl (C=S) groups is 1. The minimum atomic E-state index is -0.282. The van der Waals surface area contributed by atoms with Crippen LogP contribution in [0.2, 0.25) is 5.02 Å². The van der Waals surface area contributed by atoms with E-state index in [0.29, 0.717) is 16.3 Å². The number of nitrogens with one attached hydrogen (secondary N) is 1. The summed E-state index contributed by atoms with van der Waals surface area (Å²) in [5.74, 6) is -0.282. The molecule has 0 fully saturated rings. The number of hydrogen-bond acceptors (Lipinski definition) is 2. The summed E-state index contributed by atoms with van der Waals surface area (Å²) in [6.07, 6.45) is 0. The molecule has 2 nitrogen and oxygen atoms in total. The first-order valence-electron chi connectivity index (χ1n) is 5.29. The van der Waals surface area contributed by atoms with Crippen LogP contribution in [0, 0.1) is 9.39 Å². The first-order valence-corrected chi connectivity index (χ1v) is 7.15. The zero-order chi connectivity index (χ0) is 14.0. The van der Waals surface area contributed by atoms with E-state index in [1.807, 2.05) is 0 Å². The molecule has 6 heteroatoms. The van der Waals surface area contributed by atoms with Crippen molar-refractivity contribution >= 4 is 62.8 Å². The molecule has 0 bridgehead atoms. The number of nitrogens with two attached hydrogens (primary N) is 1. The summed E-state index contributed by atoms with van der Waals surface area (Å²) in [5, 5.41) is 3.73. The highest BCUT2D eigenvalue weighted by molar-refractivity contribution is 14.1. The highest BCUT2D eigenvalue weighted by Crippen LogP contribution is 2.28. The van der Waals surface area contributed by atoms with E-state index in [4.69, 9.17) is 29.6 Å². The van der Waals surface area contributed by atoms with Gasteiger partial charge < -0.3 is 11.1 Å². The lowest BCUT2D eigenvalue weighted by Gasteiger charge is -2.13. The second-order valence-electron chi connectivity index (χ2n) is 3.80. The van der Waals surface area contributed by atoms with Gasteiger partial charge >= 0.3 is 0 Å². The molecule has 0 saturated carbocycles. The van der Waals surface area contributed by atoms with Crippen molar-refractivity contribution in [1.29, 1.82) is 0 Å². The Balaban J connectivity index is 2.42. The van der Waals surface area contributed by atoms with E-state index in [-0.39, 0.29) is 10.8 Å². The van der Waals surface area contributed by atoms with Gasteiger partial charge in [0.05, 0.1) is 11.4 Å². The first-order chi connectivity index (χ1) is 8.97. The van der Waals surface area contributed by atoms with E-state index in [1.165, 1.54) is 12.1 Å². The molecule has 98 valence electrons. The predicted molar refractivity (Wildman–Crippen MR) is 89.7 cm³/mol. The number of benzene rings is 2. The van der Waals surface area contributed by atoms with Crippen LogP contribution in [0.4, 0.5) is 15.8 Å². The lowest BCUT2D eigenvalue weighted by atomic mass is 10.1. The summed E-state index contributed by atoms with van der Waals surface area (Å²) in [5.41, 5.74) is 7.83. The van der Waals surface area contributed by atoms with E-state index in [2.05, 4.69) is 27.9 Å². The highest BCUT2D eigenvalue weighted by Gasteiger charge is 2.08. The molecule has 0 atom stereocenters. The van der Waals surface area contributed by atoms with Crippen LogP contribution in [0.15, 0.2) is 36.4 Å². The molecule has 0 spiro atoms. The van der Waals surface area contributed by atoms with Crippen LogP contribution in [-0.4, -0.2) is 4.99 Å². The predicted octanol–water partition coefficient (Wildman–Crippen LogP) is 4.46. The van der Waals surface area contributed by atoms with Crippen molar-refractivity contribution in [1.82, 2.24) is 0 Å². The van der Waals surface area contributed by atoms with E-state index in [9.17, 15) is 4.39 Å². The molecule has 0 heterocycles. The maximum Gasteiger partial charge on any atom is 0.124 e. The van der Waals surface area contributed by atoms with Crippen LogP contribution in [0.25, 0.3) is 0 Å². The topological polar surface area (TPSA) is 38.0 Å². The lowest BCUT2D eigenvalue weighted by Crippen LogP contribution is -2.12. The molecule has 0 unspecified atom stereocenters. The maximum absolute atomic E-state index is 13.1. The third-order valence-corrected chi connectivity index (χ3v) is 3.80. The van der Waals surface area contributed by atoms with Gasteiger partial charge in [0.1, 0.15) is 10.8 Å². The molecule has 0 saturated heterocycles. The molecule has 0 radical (unpaired) electrons. The Hall–Kier alpha value is -0.920. The number of hydrogen-bond donors (Lipinski definition) is 2. The normalized spacial score (nSPS) is 10.3. The van der Waals surface area contributed by atoms with E-state index in [0.717, 1.165) is 9.26 Å². The minimum absolute atomic E-state index is 0.274. The Morgan fingerprint density at radius 1 is 1.21 bits per heavy atom. The van der Waals surface area contributed by atoms with Gasteiger partial charge in [-0.1, -0.05) is 23.8 Å². The molecule has 0 aliphatic rings. The van der Waals surface area contributed by atoms with Gasteiger partial charge in [0.2, 0.25) is 0 Å². The van der Waals surface area contributed by atoms with Crippen molar-refractivity contribution < 1.29 is 4.39 Å². The molecule has 2 rings (SSSR count). The van der Waals surface area contributed by atoms with E-state index >= 15 is 0 Å². The van der Waals surface area contributed by atoms with Crippen molar-refractivity contribution in [2.75, 3.05) is 5.32 Å². The highest BCUT2D eigenvalue weighted by atomic mass is 127. The maximum atomic E-state index is 13.1. The van der Waals surface area contributed by atoms with Gasteiger partial charge in [0.15, 0.2) is 0 Å². The zero-order valence-electron chi connectivity index (χ0n) is 9.58. The third-order valence-electron chi connectivity index (χ3n) is 2.45. The molecule has 2 aromatic rings. The molecule has 19 heavy (non-hydrogen) atoms. The van der Waals surface area contributed by atoms with Gasteiger partial charge in [-0.15, -0.1) is 0 Å². The number of rotatable bonds is 3. The van der Waals surface area contributed by atoms with Gasteiger partial charge in [0, 0.05) is 14.2 Å². The molecule has 0 aliphatic heterocycles. The fraction of sp³-hybridized carbons (Fsp3) is 0. The van der Waals surface area contributed by atoms with Crippen molar-refractivity contribution in [3.63, 3.8) is 0 Å². The van der Waals surface area contributed by atoms with Crippen LogP contribution in [-0.2, 0) is 0 Å². The molecule has 0 amide bonds. The van der Waals surface area contributed by atoms with E-state index < -0.39 is 0 Å². The quantitative estimate of drug-likeness (QED) is 0.584. The summed E-state index contributed by atoms with van der Waals surface area (Å²) < 4.78 is 13.8. The Labute approximate surface area is 134 Å². The minimum Gasteiger partial charge on any atom is -0.389 e. The second-order valence-corrected chi connectivity index (χ2v) is 5.84. The lowest BCUT2D eigenvalue weighted by molar-refractivity contribution is 0.627. The van der Waals surface area contributed by atoms with Gasteiger partial charge in [-0.2, -0.15) is 0 Å². The SMILES string of the molecule is NC(=S)c1ccc(Cl)cc1Nc1ccc(F)cc1I. The molecule has 3 N–H and O–H groups in total. The summed E-state index contributed by atoms with van der Waals surface area (Å²) >= 11 is 13.0. The molecule has 0 aliphatic carbocycles. The Bertz CT molecular complexity index is 649. The average Bonchev–Trinajstić information content (AvgIpc) is 2.32. The molecule has 0 aromatic heterocycles. The summed E-state index contributed by atoms with van der Waals surface area (Å²) in [6, 6.07) is 9.68. The standard InChI is InChI=1S/C13H9ClFIN2S/c14-7-1-3-9(13(17)19)12(5-7)18-11-4-2-8(15)6-10(11)16/h1-6,18H,(H2,17,19). The van der Waals surface area contributed by atoms with Crippen molar-refractivity contribution in [2.24, 2.45) is 5.73 Å². The van der Waals surface area contributed by atoms with Crippen LogP contribution >= 0.6 is 46.4 Å². The molecular formula is C13H9ClFIN2S. The van der Waals surface area contributed by atoms with Gasteiger partial charge in [-0.3, -0.25) is 0 Å². The Kier molecular flexibility index (Phi) is 4.59. The van der Waals surface area contributed by atoms with Gasteiger partial charge in [-0.05, 0) is 59.0 Å². The van der Waals surface area contributed by atoms with Gasteiger partial charge in [-0.25, -0.2) is 4.39 Å². The van der Waals surface area contributed by atoms with Crippen molar-refractivity contribution in [2.45, 2.75) is 0 Å². The molecular weight excluding hydrogens is 398 g/mol. The van der Waals surface area contributed by atoms with Crippen LogP contribution in [0.1, 0.15) is 5.56 Å². The van der Waals surface area contributed by atoms with Crippen LogP contribution < -0.4 is 11.1 Å². The third kappa shape index (κ3) is 3.55. The van der Waals surface area contributed by atoms with E-state index in [1.54, 1.807) is 24.3 Å². The monoisotopic (exact) mass is 406 g/mol. The average molecular weight is 407 g/mol. The van der Waals surface area contributed by atoms with Crippen LogP contribution in [0.3, 0.4) is 0 Å². The number of anilines is 2. The zero-order valence-corrected chi connectivity index (χ0v) is 13.3. The fourth-order valence-corrected chi connectivity index (χ4v) is 2.53. The van der Waals surface area contributed by atoms with Crippen molar-refractivity contribution in [3.05, 3.63) is 56.4 Å². The first kappa shape index (κ1) is 14.5. The van der Waals surface area contributed by atoms with Crippen LogP contribution in [0.5, 0.6) is 0 Å². The number of halogens is 3. The smallest absolute Gasteiger partial charge is 0.124 e. The largest absolute Gasteiger partial charge is 0.389 e. The van der Waals surface area contributed by atoms with Gasteiger partial charge in [0.25, 0.3) is 0 Å². The second kappa shape index (κ2) is 6.02. The van der Waals surface area contributed by atoms with Crippen molar-refractivity contribution in [3.8, 4) is 0 Å². The summed E-state index contributed by atoms with van der Waals surface area (Å²) in [4.78, 5) is 0.274. The molecule has 2 aromatic carbocycles. The summed E-state index contributed by atoms with van der Waals surface area (Å²) in [6.45, 7) is 0. The Morgan fingerprint density at radius 3 is 2.58 bits per heavy atom. The Morgan fingerprint density at radius 2 is 1.95 bits per heavy atom. The fourth-order valence-electron chi connectivity index (χ4n) is 1.57.